The summed E-state index contributed by atoms with van der Waals surface area (Å²) in [5, 5.41) is 14.1. The molecule has 3 aliphatic rings. The van der Waals surface area contributed by atoms with Gasteiger partial charge in [-0.25, -0.2) is 18.4 Å². The number of carbonyl (C=O) groups excluding carboxylic acids is 3. The molecule has 15 heteroatoms. The van der Waals surface area contributed by atoms with E-state index in [1.165, 1.54) is 18.4 Å². The molecule has 0 spiro atoms. The van der Waals surface area contributed by atoms with E-state index in [0.29, 0.717) is 45.3 Å². The zero-order valence-corrected chi connectivity index (χ0v) is 34.0. The lowest BCUT2D eigenvalue weighted by molar-refractivity contribution is -0.144. The van der Waals surface area contributed by atoms with Gasteiger partial charge in [0, 0.05) is 51.9 Å². The fraction of sp³-hybridized carbons (Fsp3) is 0.439. The lowest BCUT2D eigenvalue weighted by Gasteiger charge is -2.35. The number of sulfonamides is 1. The Labute approximate surface area is 335 Å². The van der Waals surface area contributed by atoms with Gasteiger partial charge in [0.15, 0.2) is 5.78 Å². The molecular weight excluding hydrogens is 776 g/mol. The first-order chi connectivity index (χ1) is 26.5. The molecule has 2 aromatic carbocycles. The average Bonchev–Trinajstić information content (AvgIpc) is 4.04. The minimum absolute atomic E-state index is 0.0543. The molecule has 2 aromatic heterocycles. The highest BCUT2D eigenvalue weighted by molar-refractivity contribution is 7.90. The normalized spacial score (nSPS) is 22.7. The number of aromatic nitrogens is 2. The Balaban J connectivity index is 1.19. The maximum Gasteiger partial charge on any atom is 0.240 e. The van der Waals surface area contributed by atoms with Crippen LogP contribution in [-0.4, -0.2) is 77.0 Å². The Bertz CT molecular complexity index is 2320. The third-order valence-electron chi connectivity index (χ3n) is 11.2. The fourth-order valence-corrected chi connectivity index (χ4v) is 10.1. The molecule has 2 N–H and O–H groups in total. The number of allylic oxidation sites excluding steroid dienone is 1. The number of hydrogen-bond acceptors (Lipinski definition) is 11. The van der Waals surface area contributed by atoms with Gasteiger partial charge < -0.3 is 19.5 Å². The molecule has 3 fully saturated rings. The zero-order chi connectivity index (χ0) is 40.2. The molecule has 2 aliphatic carbocycles. The number of rotatable bonds is 14. The summed E-state index contributed by atoms with van der Waals surface area (Å²) in [6.07, 6.45) is 3.81. The number of thiazole rings is 1. The topological polar surface area (TPSA) is 165 Å². The van der Waals surface area contributed by atoms with E-state index in [0.717, 1.165) is 5.39 Å². The molecule has 0 bridgehead atoms. The van der Waals surface area contributed by atoms with Crippen LogP contribution in [0, 0.1) is 22.7 Å². The standard InChI is InChI=1S/C41H45ClN4O8S2/c1-6-23-18-41(23,39(50)45-56(51,52)26-12-13-26)19-34(48)32-16-25(54-37-29-15-24(42)11-14-27(29)35(53-5)20-43-37)21-46(32)38(49)30(40(2,3)4)17-36-44-31(22-55-36)28-9-7-8-10-33(28)47/h6-11,14-15,20,22-23,25-26,30,32,47H,1,12-13,16-19,21H2,2-5H3,(H,45,50)/t23-,25-,30-,32+,41-/m1/s1. The number of ketones is 1. The SMILES string of the molecule is C=C[C@@H]1C[C@]1(CC(=O)[C@@H]1C[C@@H](Oc2ncc(OC)c3ccc(Cl)cc23)CN1C(=O)[C@@H](Cc1nc(-c2ccccc2O)cs1)C(C)(C)C)C(=O)NS(=O)(=O)C1CC1. The van der Waals surface area contributed by atoms with Crippen molar-refractivity contribution in [2.75, 3.05) is 13.7 Å². The Hall–Kier alpha value is -4.53. The number of halogens is 1. The van der Waals surface area contributed by atoms with Gasteiger partial charge in [0.05, 0.1) is 47.3 Å². The Morgan fingerprint density at radius 2 is 1.93 bits per heavy atom. The van der Waals surface area contributed by atoms with Gasteiger partial charge in [-0.3, -0.25) is 19.1 Å². The van der Waals surface area contributed by atoms with Gasteiger partial charge in [-0.15, -0.1) is 17.9 Å². The van der Waals surface area contributed by atoms with E-state index in [-0.39, 0.29) is 55.5 Å². The molecule has 1 aliphatic heterocycles. The smallest absolute Gasteiger partial charge is 0.240 e. The van der Waals surface area contributed by atoms with E-state index in [2.05, 4.69) is 16.3 Å². The lowest BCUT2D eigenvalue weighted by atomic mass is 9.77. The first-order valence-electron chi connectivity index (χ1n) is 18.6. The number of phenols is 1. The molecule has 1 saturated heterocycles. The number of pyridine rings is 1. The van der Waals surface area contributed by atoms with Gasteiger partial charge in [0.25, 0.3) is 0 Å². The number of phenolic OH excluding ortho intramolecular Hbond substituents is 1. The largest absolute Gasteiger partial charge is 0.507 e. The molecule has 56 heavy (non-hydrogen) atoms. The van der Waals surface area contributed by atoms with E-state index in [1.807, 2.05) is 32.2 Å². The van der Waals surface area contributed by atoms with Crippen LogP contribution in [0.5, 0.6) is 17.4 Å². The molecule has 3 heterocycles. The number of amides is 2. The maximum absolute atomic E-state index is 14.9. The van der Waals surface area contributed by atoms with Crippen molar-refractivity contribution in [2.24, 2.45) is 22.7 Å². The van der Waals surface area contributed by atoms with Crippen LogP contribution >= 0.6 is 22.9 Å². The zero-order valence-electron chi connectivity index (χ0n) is 31.7. The highest BCUT2D eigenvalue weighted by atomic mass is 35.5. The van der Waals surface area contributed by atoms with E-state index >= 15 is 0 Å². The summed E-state index contributed by atoms with van der Waals surface area (Å²) in [7, 11) is -2.32. The van der Waals surface area contributed by atoms with Crippen LogP contribution in [0.15, 0.2) is 66.7 Å². The number of hydrogen-bond donors (Lipinski definition) is 2. The number of ether oxygens (including phenoxy) is 2. The molecule has 0 radical (unpaired) electrons. The van der Waals surface area contributed by atoms with Gasteiger partial charge >= 0.3 is 0 Å². The highest BCUT2D eigenvalue weighted by Gasteiger charge is 2.61. The average molecular weight is 821 g/mol. The van der Waals surface area contributed by atoms with Crippen LogP contribution in [-0.2, 0) is 30.8 Å². The van der Waals surface area contributed by atoms with Gasteiger partial charge in [-0.2, -0.15) is 0 Å². The second kappa shape index (κ2) is 15.1. The minimum atomic E-state index is -3.86. The quantitative estimate of drug-likeness (QED) is 0.130. The van der Waals surface area contributed by atoms with Crippen LogP contribution in [0.1, 0.15) is 57.9 Å². The molecule has 12 nitrogen and oxygen atoms in total. The molecule has 296 valence electrons. The van der Waals surface area contributed by atoms with Crippen molar-refractivity contribution in [1.82, 2.24) is 19.6 Å². The van der Waals surface area contributed by atoms with E-state index < -0.39 is 56.0 Å². The molecule has 2 amide bonds. The van der Waals surface area contributed by atoms with Crippen molar-refractivity contribution < 1.29 is 37.4 Å². The lowest BCUT2D eigenvalue weighted by Crippen LogP contribution is -2.48. The first-order valence-corrected chi connectivity index (χ1v) is 21.4. The van der Waals surface area contributed by atoms with Crippen molar-refractivity contribution in [3.05, 3.63) is 76.7 Å². The van der Waals surface area contributed by atoms with E-state index in [4.69, 9.17) is 26.1 Å². The van der Waals surface area contributed by atoms with Gasteiger partial charge in [0.2, 0.25) is 27.7 Å². The van der Waals surface area contributed by atoms with Crippen molar-refractivity contribution >= 4 is 61.3 Å². The van der Waals surface area contributed by atoms with Crippen molar-refractivity contribution in [2.45, 2.75) is 76.7 Å². The van der Waals surface area contributed by atoms with Crippen molar-refractivity contribution in [1.29, 1.82) is 0 Å². The Morgan fingerprint density at radius 1 is 1.18 bits per heavy atom. The number of nitrogens with one attached hydrogen (secondary N) is 1. The molecule has 7 rings (SSSR count). The number of para-hydroxylation sites is 1. The monoisotopic (exact) mass is 820 g/mol. The number of aromatic hydroxyl groups is 1. The minimum Gasteiger partial charge on any atom is -0.507 e. The fourth-order valence-electron chi connectivity index (χ4n) is 7.68. The first kappa shape index (κ1) is 39.7. The number of benzene rings is 2. The van der Waals surface area contributed by atoms with Crippen molar-refractivity contribution in [3.8, 4) is 28.6 Å². The van der Waals surface area contributed by atoms with Crippen molar-refractivity contribution in [3.63, 3.8) is 0 Å². The summed E-state index contributed by atoms with van der Waals surface area (Å²) in [6.45, 7) is 9.78. The number of Topliss-reactive ketones (excluding diaryl/α,β-unsaturated/α-hetero) is 1. The second-order valence-corrected chi connectivity index (χ2v) is 19.4. The summed E-state index contributed by atoms with van der Waals surface area (Å²) in [6, 6.07) is 11.2. The molecule has 4 aromatic rings. The Morgan fingerprint density at radius 3 is 2.59 bits per heavy atom. The number of likely N-dealkylation sites (tertiary alicyclic amines) is 1. The third-order valence-corrected chi connectivity index (χ3v) is 14.1. The van der Waals surface area contributed by atoms with Crippen LogP contribution < -0.4 is 14.2 Å². The van der Waals surface area contributed by atoms with Gasteiger partial charge in [0.1, 0.15) is 17.6 Å². The number of carbonyl (C=O) groups is 3. The second-order valence-electron chi connectivity index (χ2n) is 16.1. The van der Waals surface area contributed by atoms with Crippen LogP contribution in [0.4, 0.5) is 0 Å². The summed E-state index contributed by atoms with van der Waals surface area (Å²) in [4.78, 5) is 54.0. The summed E-state index contributed by atoms with van der Waals surface area (Å²) >= 11 is 7.77. The number of methoxy groups -OCH3 is 1. The van der Waals surface area contributed by atoms with Crippen LogP contribution in [0.3, 0.4) is 0 Å². The van der Waals surface area contributed by atoms with E-state index in [9.17, 15) is 27.9 Å². The Kier molecular flexibility index (Phi) is 10.7. The van der Waals surface area contributed by atoms with E-state index in [1.54, 1.807) is 53.6 Å². The third kappa shape index (κ3) is 7.88. The predicted molar refractivity (Wildman–Crippen MR) is 214 cm³/mol. The molecule has 0 unspecified atom stereocenters. The summed E-state index contributed by atoms with van der Waals surface area (Å²) < 4.78 is 39.9. The maximum atomic E-state index is 14.9. The number of fused-ring (bicyclic) bond motifs is 1. The number of nitrogens with zero attached hydrogens (tertiary/aromatic N) is 3. The molecular formula is C41H45ClN4O8S2. The van der Waals surface area contributed by atoms with Crippen LogP contribution in [0.25, 0.3) is 22.0 Å². The van der Waals surface area contributed by atoms with Crippen LogP contribution in [0.2, 0.25) is 5.02 Å². The van der Waals surface area contributed by atoms with Gasteiger partial charge in [-0.05, 0) is 60.9 Å². The molecule has 2 saturated carbocycles. The van der Waals surface area contributed by atoms with Gasteiger partial charge in [-0.1, -0.05) is 50.6 Å². The summed E-state index contributed by atoms with van der Waals surface area (Å²) in [5.41, 5.74) is -0.681. The predicted octanol–water partition coefficient (Wildman–Crippen LogP) is 6.74. The molecule has 5 atom stereocenters. The summed E-state index contributed by atoms with van der Waals surface area (Å²) in [5.74, 6) is -1.50. The highest BCUT2D eigenvalue weighted by Crippen LogP contribution is 2.57.